The van der Waals surface area contributed by atoms with Gasteiger partial charge < -0.3 is 9.97 Å². The van der Waals surface area contributed by atoms with E-state index < -0.39 is 0 Å². The summed E-state index contributed by atoms with van der Waals surface area (Å²) in [6, 6.07) is 50.7. The van der Waals surface area contributed by atoms with Crippen molar-refractivity contribution >= 4 is 64.2 Å². The number of aromatic amines is 2. The monoisotopic (exact) mass is 682 g/mol. The molecule has 0 saturated carbocycles. The largest absolute Gasteiger partial charge is 0.354 e. The molecule has 6 heteroatoms. The summed E-state index contributed by atoms with van der Waals surface area (Å²) in [5.41, 5.74) is 16.2. The molecule has 0 radical (unpaired) electrons. The summed E-state index contributed by atoms with van der Waals surface area (Å²) in [5, 5.41) is 0. The molecule has 7 aromatic rings. The van der Waals surface area contributed by atoms with Crippen LogP contribution in [0.2, 0.25) is 0 Å². The lowest BCUT2D eigenvalue weighted by Crippen LogP contribution is -1.89. The van der Waals surface area contributed by atoms with Gasteiger partial charge in [0.05, 0.1) is 24.1 Å². The Bertz CT molecular complexity index is 2210. The van der Waals surface area contributed by atoms with Gasteiger partial charge in [-0.3, -0.25) is 0 Å². The lowest BCUT2D eigenvalue weighted by atomic mass is 10.0. The van der Waals surface area contributed by atoms with E-state index >= 15 is 0 Å². The highest BCUT2D eigenvalue weighted by Crippen LogP contribution is 2.38. The number of rotatable bonds is 4. The van der Waals surface area contributed by atoms with Crippen molar-refractivity contribution in [3.8, 4) is 44.5 Å². The second-order valence-electron chi connectivity index (χ2n) is 12.0. The zero-order chi connectivity index (χ0) is 34.6. The van der Waals surface area contributed by atoms with Gasteiger partial charge in [-0.1, -0.05) is 121 Å². The summed E-state index contributed by atoms with van der Waals surface area (Å²) in [6.07, 6.45) is 8.54. The molecule has 50 heavy (non-hydrogen) atoms. The Hall–Kier alpha value is -5.66. The van der Waals surface area contributed by atoms with Crippen LogP contribution in [-0.4, -0.2) is 21.2 Å². The molecule has 2 aliphatic heterocycles. The zero-order valence-corrected chi connectivity index (χ0v) is 29.3. The minimum atomic E-state index is 0.250. The molecule has 0 saturated heterocycles. The Morgan fingerprint density at radius 3 is 0.800 bits per heavy atom. The third-order valence-corrected chi connectivity index (χ3v) is 9.00. The summed E-state index contributed by atoms with van der Waals surface area (Å²) in [6.45, 7) is 0. The molecule has 240 valence electrons. The number of fused-ring (bicyclic) bond motifs is 8. The fourth-order valence-corrected chi connectivity index (χ4v) is 6.84. The van der Waals surface area contributed by atoms with Crippen LogP contribution in [-0.2, 0) is 0 Å². The molecular formula is C44H34N4P2. The van der Waals surface area contributed by atoms with Crippen LogP contribution in [0.1, 0.15) is 22.8 Å². The van der Waals surface area contributed by atoms with Gasteiger partial charge in [0.2, 0.25) is 0 Å². The Balaban J connectivity index is 0.00000121. The standard InChI is InChI=1S/C44H30N4.H4P2/c1-5-13-29(14-6-1)41-33-21-23-35(45-33)42(30-15-7-2-8-16-30)37-25-27-39(47-37)44(32-19-11-4-12-20-32)40-28-26-38(48-40)43(31-17-9-3-10-18-31)36-24-22-34(41)46-36;1-2/h1-28,45,48H;1-2H2/i;1T. The van der Waals surface area contributed by atoms with E-state index in [9.17, 15) is 0 Å². The van der Waals surface area contributed by atoms with Crippen molar-refractivity contribution in [2.75, 3.05) is 0 Å². The molecule has 9 rings (SSSR count). The van der Waals surface area contributed by atoms with Crippen molar-refractivity contribution in [2.24, 2.45) is 0 Å². The molecule has 2 unspecified atom stereocenters. The van der Waals surface area contributed by atoms with Crippen LogP contribution in [0.15, 0.2) is 146 Å². The maximum absolute atomic E-state index is 6.20. The lowest BCUT2D eigenvalue weighted by Gasteiger charge is -2.07. The first kappa shape index (κ1) is 30.4. The fourth-order valence-electron chi connectivity index (χ4n) is 6.84. The van der Waals surface area contributed by atoms with E-state index in [0.717, 1.165) is 89.4 Å². The van der Waals surface area contributed by atoms with Gasteiger partial charge in [0.1, 0.15) is 0 Å². The van der Waals surface area contributed by atoms with Gasteiger partial charge in [-0.15, -0.1) is 17.8 Å². The zero-order valence-electron chi connectivity index (χ0n) is 28.1. The van der Waals surface area contributed by atoms with E-state index in [1.165, 1.54) is 0 Å². The average Bonchev–Trinajstić information content (AvgIpc) is 4.02. The Morgan fingerprint density at radius 2 is 0.580 bits per heavy atom. The first-order valence-electron chi connectivity index (χ1n) is 17.0. The van der Waals surface area contributed by atoms with Crippen LogP contribution in [0.5, 0.6) is 0 Å². The number of nitrogens with zero attached hydrogens (tertiary/aromatic N) is 2. The van der Waals surface area contributed by atoms with Crippen LogP contribution < -0.4 is 0 Å². The number of aromatic nitrogens is 4. The second-order valence-corrected chi connectivity index (χ2v) is 12.0. The molecule has 2 aliphatic rings. The SMILES string of the molecule is C1=Cc2nc1c(-c1ccccc1)c1ccc([nH]1)c(-c1ccccc1)c1nc(c(-c3ccccc3)c3ccc([nH]3)c2-c2ccccc2)C=C1.[3H]PP. The van der Waals surface area contributed by atoms with Gasteiger partial charge in [0, 0.05) is 44.3 Å². The molecule has 8 bridgehead atoms. The van der Waals surface area contributed by atoms with E-state index in [-0.39, 0.29) is 8.87 Å². The molecule has 0 spiro atoms. The van der Waals surface area contributed by atoms with Crippen molar-refractivity contribution < 1.29 is 0 Å². The van der Waals surface area contributed by atoms with Crippen molar-refractivity contribution in [1.82, 2.24) is 19.9 Å². The smallest absolute Gasteiger partial charge is 0.0737 e. The van der Waals surface area contributed by atoms with Crippen LogP contribution in [0.4, 0.5) is 0 Å². The fraction of sp³-hybridized carbons (Fsp3) is 0. The number of H-pyrrole nitrogens is 2. The summed E-state index contributed by atoms with van der Waals surface area (Å²) in [4.78, 5) is 18.3. The topological polar surface area (TPSA) is 57.4 Å². The van der Waals surface area contributed by atoms with Crippen LogP contribution in [0, 0.1) is 0 Å². The van der Waals surface area contributed by atoms with Crippen molar-refractivity contribution in [2.45, 2.75) is 0 Å². The quantitative estimate of drug-likeness (QED) is 0.182. The Kier molecular flexibility index (Phi) is 8.55. The minimum absolute atomic E-state index is 0.250. The highest BCUT2D eigenvalue weighted by Gasteiger charge is 2.18. The molecule has 0 aliphatic carbocycles. The van der Waals surface area contributed by atoms with Crippen molar-refractivity contribution in [1.29, 1.82) is 1.28 Å². The van der Waals surface area contributed by atoms with E-state index in [2.05, 4.69) is 165 Å². The maximum Gasteiger partial charge on any atom is 0.0737 e. The molecule has 0 amide bonds. The van der Waals surface area contributed by atoms with Gasteiger partial charge >= 0.3 is 0 Å². The van der Waals surface area contributed by atoms with E-state index in [1.54, 1.807) is 0 Å². The first-order valence-corrected chi connectivity index (χ1v) is 18.8. The van der Waals surface area contributed by atoms with Crippen LogP contribution in [0.25, 0.3) is 90.9 Å². The van der Waals surface area contributed by atoms with Gasteiger partial charge in [-0.2, -0.15) is 0 Å². The predicted molar refractivity (Wildman–Crippen MR) is 220 cm³/mol. The third kappa shape index (κ3) is 5.94. The molecule has 4 nitrogen and oxygen atoms in total. The maximum atomic E-state index is 6.20. The molecule has 2 atom stereocenters. The number of benzene rings is 4. The normalized spacial score (nSPS) is 12.1. The molecular weight excluding hydrogens is 646 g/mol. The number of hydrogen-bond acceptors (Lipinski definition) is 2. The van der Waals surface area contributed by atoms with Crippen molar-refractivity contribution in [3.05, 3.63) is 168 Å². The van der Waals surface area contributed by atoms with Gasteiger partial charge in [-0.05, 0) is 70.8 Å². The summed E-state index contributed by atoms with van der Waals surface area (Å²) in [5.74, 6) is 0. The molecule has 3 aromatic heterocycles. The van der Waals surface area contributed by atoms with Crippen LogP contribution >= 0.6 is 17.8 Å². The first-order chi connectivity index (χ1) is 25.2. The third-order valence-electron chi connectivity index (χ3n) is 9.00. The summed E-state index contributed by atoms with van der Waals surface area (Å²) in [7, 11) is 2.52. The van der Waals surface area contributed by atoms with Crippen molar-refractivity contribution in [3.63, 3.8) is 0 Å². The lowest BCUT2D eigenvalue weighted by molar-refractivity contribution is 1.31. The molecule has 5 heterocycles. The molecule has 4 aromatic carbocycles. The van der Waals surface area contributed by atoms with Gasteiger partial charge in [0.25, 0.3) is 0 Å². The Morgan fingerprint density at radius 1 is 0.360 bits per heavy atom. The van der Waals surface area contributed by atoms with E-state index in [1.807, 2.05) is 24.3 Å². The highest BCUT2D eigenvalue weighted by molar-refractivity contribution is 7.92. The highest BCUT2D eigenvalue weighted by atomic mass is 32.0. The number of hydrogen-bond donors (Lipinski definition) is 2. The van der Waals surface area contributed by atoms with Gasteiger partial charge in [0.15, 0.2) is 0 Å². The predicted octanol–water partition coefficient (Wildman–Crippen LogP) is 12.0. The minimum Gasteiger partial charge on any atom is -0.354 e. The Labute approximate surface area is 297 Å². The van der Waals surface area contributed by atoms with Crippen LogP contribution in [0.3, 0.4) is 0 Å². The average molecular weight is 683 g/mol. The van der Waals surface area contributed by atoms with E-state index in [0.29, 0.717) is 0 Å². The molecule has 0 fully saturated rings. The van der Waals surface area contributed by atoms with Gasteiger partial charge in [-0.25, -0.2) is 9.97 Å². The summed E-state index contributed by atoms with van der Waals surface area (Å²) < 4.78 is 6.20. The van der Waals surface area contributed by atoms with E-state index in [4.69, 9.17) is 11.2 Å². The second kappa shape index (κ2) is 14.1. The number of nitrogens with one attached hydrogen (secondary N) is 2. The molecule has 2 N–H and O–H groups in total. The summed E-state index contributed by atoms with van der Waals surface area (Å²) >= 11 is 0.